The molecule has 2 heteroatoms. The van der Waals surface area contributed by atoms with Crippen molar-refractivity contribution in [2.45, 2.75) is 0 Å². The Hall–Kier alpha value is -7.42. The van der Waals surface area contributed by atoms with E-state index in [-0.39, 0.29) is 0 Å². The lowest BCUT2D eigenvalue weighted by molar-refractivity contribution is 0.669. The zero-order chi connectivity index (χ0) is 37.0. The van der Waals surface area contributed by atoms with Gasteiger partial charge in [-0.15, -0.1) is 0 Å². The van der Waals surface area contributed by atoms with Crippen LogP contribution >= 0.6 is 0 Å². The standard InChI is InChI=1S/C54H35NO/c1-4-12-36(13-5-1)41-20-11-21-46(31-41)55-51-26-22-42(37-14-6-2-7-15-37)32-47(51)48-33-44(23-27-52(48)55)39-18-10-19-40(30-39)45-25-29-54-50(35-45)49-34-43(24-28-53(49)56-54)38-16-8-3-9-17-38/h1-35H. The first-order valence-corrected chi connectivity index (χ1v) is 19.2. The summed E-state index contributed by atoms with van der Waals surface area (Å²) in [7, 11) is 0. The molecule has 0 aliphatic rings. The maximum absolute atomic E-state index is 6.30. The number of hydrogen-bond donors (Lipinski definition) is 0. The normalized spacial score (nSPS) is 11.6. The van der Waals surface area contributed by atoms with Gasteiger partial charge in [-0.1, -0.05) is 146 Å². The molecule has 11 rings (SSSR count). The number of benzene rings is 9. The second-order valence-electron chi connectivity index (χ2n) is 14.6. The molecule has 2 aromatic heterocycles. The van der Waals surface area contributed by atoms with Crippen LogP contribution in [0.4, 0.5) is 0 Å². The minimum Gasteiger partial charge on any atom is -0.456 e. The van der Waals surface area contributed by atoms with Gasteiger partial charge in [0, 0.05) is 27.2 Å². The molecule has 0 amide bonds. The average molecular weight is 714 g/mol. The van der Waals surface area contributed by atoms with Crippen molar-refractivity contribution < 1.29 is 4.42 Å². The van der Waals surface area contributed by atoms with Crippen LogP contribution in [0.25, 0.3) is 105 Å². The monoisotopic (exact) mass is 713 g/mol. The Morgan fingerprint density at radius 3 is 1.09 bits per heavy atom. The minimum atomic E-state index is 0.899. The summed E-state index contributed by atoms with van der Waals surface area (Å²) in [5.41, 5.74) is 17.2. The van der Waals surface area contributed by atoms with Crippen LogP contribution in [0, 0.1) is 0 Å². The fraction of sp³-hybridized carbons (Fsp3) is 0. The quantitative estimate of drug-likeness (QED) is 0.168. The molecule has 0 bridgehead atoms. The Kier molecular flexibility index (Phi) is 7.53. The van der Waals surface area contributed by atoms with E-state index in [1.807, 2.05) is 0 Å². The molecule has 0 saturated carbocycles. The number of furan rings is 1. The number of hydrogen-bond acceptors (Lipinski definition) is 1. The fourth-order valence-electron chi connectivity index (χ4n) is 8.39. The molecule has 0 radical (unpaired) electrons. The van der Waals surface area contributed by atoms with E-state index in [1.54, 1.807) is 0 Å². The molecule has 0 spiro atoms. The van der Waals surface area contributed by atoms with Crippen LogP contribution in [-0.4, -0.2) is 4.57 Å². The van der Waals surface area contributed by atoms with Gasteiger partial charge >= 0.3 is 0 Å². The van der Waals surface area contributed by atoms with E-state index >= 15 is 0 Å². The maximum Gasteiger partial charge on any atom is 0.135 e. The molecule has 11 aromatic rings. The lowest BCUT2D eigenvalue weighted by Gasteiger charge is -2.11. The van der Waals surface area contributed by atoms with Gasteiger partial charge in [0.05, 0.1) is 11.0 Å². The summed E-state index contributed by atoms with van der Waals surface area (Å²) in [4.78, 5) is 0. The van der Waals surface area contributed by atoms with Gasteiger partial charge in [-0.25, -0.2) is 0 Å². The molecule has 0 aliphatic carbocycles. The predicted molar refractivity (Wildman–Crippen MR) is 235 cm³/mol. The third kappa shape index (κ3) is 5.51. The van der Waals surface area contributed by atoms with Gasteiger partial charge in [0.15, 0.2) is 0 Å². The van der Waals surface area contributed by atoms with Crippen molar-refractivity contribution >= 4 is 43.7 Å². The van der Waals surface area contributed by atoms with Crippen molar-refractivity contribution in [2.24, 2.45) is 0 Å². The van der Waals surface area contributed by atoms with Gasteiger partial charge in [0.1, 0.15) is 11.2 Å². The Balaban J connectivity index is 1.04. The van der Waals surface area contributed by atoms with Gasteiger partial charge in [-0.2, -0.15) is 0 Å². The first-order chi connectivity index (χ1) is 27.7. The van der Waals surface area contributed by atoms with Crippen LogP contribution in [0.1, 0.15) is 0 Å². The first kappa shape index (κ1) is 32.0. The number of nitrogens with zero attached hydrogens (tertiary/aromatic N) is 1. The molecule has 0 aliphatic heterocycles. The van der Waals surface area contributed by atoms with Crippen LogP contribution < -0.4 is 0 Å². The Labute approximate surface area is 325 Å². The lowest BCUT2D eigenvalue weighted by Crippen LogP contribution is -1.94. The van der Waals surface area contributed by atoms with Gasteiger partial charge in [0.25, 0.3) is 0 Å². The summed E-state index contributed by atoms with van der Waals surface area (Å²) in [6.07, 6.45) is 0. The van der Waals surface area contributed by atoms with Crippen molar-refractivity contribution in [2.75, 3.05) is 0 Å². The lowest BCUT2D eigenvalue weighted by atomic mass is 9.96. The Morgan fingerprint density at radius 2 is 0.607 bits per heavy atom. The molecule has 56 heavy (non-hydrogen) atoms. The van der Waals surface area contributed by atoms with E-state index in [4.69, 9.17) is 4.42 Å². The minimum absolute atomic E-state index is 0.899. The molecular formula is C54H35NO. The predicted octanol–water partition coefficient (Wildman–Crippen LogP) is 15.0. The number of fused-ring (bicyclic) bond motifs is 6. The second kappa shape index (κ2) is 13.2. The molecule has 0 N–H and O–H groups in total. The summed E-state index contributed by atoms with van der Waals surface area (Å²) in [5.74, 6) is 0. The van der Waals surface area contributed by atoms with E-state index in [9.17, 15) is 0 Å². The molecule has 2 nitrogen and oxygen atoms in total. The summed E-state index contributed by atoms with van der Waals surface area (Å²) in [6.45, 7) is 0. The van der Waals surface area contributed by atoms with Gasteiger partial charge in [0.2, 0.25) is 0 Å². The average Bonchev–Trinajstić information content (AvgIpc) is 3.81. The molecule has 262 valence electrons. The number of aromatic nitrogens is 1. The van der Waals surface area contributed by atoms with E-state index < -0.39 is 0 Å². The highest BCUT2D eigenvalue weighted by molar-refractivity contribution is 6.12. The molecule has 0 unspecified atom stereocenters. The van der Waals surface area contributed by atoms with Crippen LogP contribution in [-0.2, 0) is 0 Å². The number of rotatable bonds is 6. The third-order valence-electron chi connectivity index (χ3n) is 11.2. The summed E-state index contributed by atoms with van der Waals surface area (Å²) >= 11 is 0. The molecule has 0 atom stereocenters. The topological polar surface area (TPSA) is 18.1 Å². The molecule has 0 saturated heterocycles. The third-order valence-corrected chi connectivity index (χ3v) is 11.2. The van der Waals surface area contributed by atoms with E-state index in [1.165, 1.54) is 71.9 Å². The smallest absolute Gasteiger partial charge is 0.135 e. The highest BCUT2D eigenvalue weighted by Gasteiger charge is 2.16. The zero-order valence-electron chi connectivity index (χ0n) is 30.6. The van der Waals surface area contributed by atoms with E-state index in [2.05, 4.69) is 217 Å². The fourth-order valence-corrected chi connectivity index (χ4v) is 8.39. The van der Waals surface area contributed by atoms with Gasteiger partial charge < -0.3 is 8.98 Å². The molecule has 2 heterocycles. The molecule has 0 fully saturated rings. The summed E-state index contributed by atoms with van der Waals surface area (Å²) in [6, 6.07) is 76.5. The van der Waals surface area contributed by atoms with E-state index in [0.717, 1.165) is 33.2 Å². The van der Waals surface area contributed by atoms with Gasteiger partial charge in [-0.3, -0.25) is 0 Å². The van der Waals surface area contributed by atoms with Crippen LogP contribution in [0.2, 0.25) is 0 Å². The Morgan fingerprint density at radius 1 is 0.250 bits per heavy atom. The van der Waals surface area contributed by atoms with Crippen molar-refractivity contribution in [1.29, 1.82) is 0 Å². The second-order valence-corrected chi connectivity index (χ2v) is 14.6. The maximum atomic E-state index is 6.30. The van der Waals surface area contributed by atoms with Crippen LogP contribution in [0.15, 0.2) is 217 Å². The summed E-state index contributed by atoms with van der Waals surface area (Å²) in [5, 5.41) is 4.72. The highest BCUT2D eigenvalue weighted by atomic mass is 16.3. The molecule has 9 aromatic carbocycles. The van der Waals surface area contributed by atoms with Crippen molar-refractivity contribution in [1.82, 2.24) is 4.57 Å². The van der Waals surface area contributed by atoms with Crippen molar-refractivity contribution in [3.05, 3.63) is 212 Å². The van der Waals surface area contributed by atoms with Crippen molar-refractivity contribution in [3.8, 4) is 61.3 Å². The first-order valence-electron chi connectivity index (χ1n) is 19.2. The Bertz CT molecular complexity index is 3230. The van der Waals surface area contributed by atoms with Crippen LogP contribution in [0.5, 0.6) is 0 Å². The van der Waals surface area contributed by atoms with E-state index in [0.29, 0.717) is 0 Å². The van der Waals surface area contributed by atoms with Gasteiger partial charge in [-0.05, 0) is 122 Å². The largest absolute Gasteiger partial charge is 0.456 e. The molecular weight excluding hydrogens is 679 g/mol. The summed E-state index contributed by atoms with van der Waals surface area (Å²) < 4.78 is 8.72. The zero-order valence-corrected chi connectivity index (χ0v) is 30.6. The highest BCUT2D eigenvalue weighted by Crippen LogP contribution is 2.40. The SMILES string of the molecule is c1ccc(-c2cccc(-n3c4ccc(-c5ccccc5)cc4c4cc(-c5cccc(-c6ccc7oc8ccc(-c9ccccc9)cc8c7c6)c5)ccc43)c2)cc1. The van der Waals surface area contributed by atoms with Crippen molar-refractivity contribution in [3.63, 3.8) is 0 Å². The van der Waals surface area contributed by atoms with Crippen LogP contribution in [0.3, 0.4) is 0 Å².